The molecule has 4 aromatic rings. The number of hydrogen-bond donors (Lipinski definition) is 2. The minimum absolute atomic E-state index is 0.201. The van der Waals surface area contributed by atoms with Crippen LogP contribution >= 0.6 is 0 Å². The summed E-state index contributed by atoms with van der Waals surface area (Å²) in [6.45, 7) is 1.69. The third-order valence-electron chi connectivity index (χ3n) is 4.56. The number of anilines is 3. The number of benzene rings is 2. The SMILES string of the molecule is CC1Oc2ccc(Nc3ccc4nnc(-c5ccccc5F)n4n3)cc2NC1=O. The molecule has 1 amide bonds. The zero-order valence-electron chi connectivity index (χ0n) is 15.3. The van der Waals surface area contributed by atoms with E-state index in [1.807, 2.05) is 6.07 Å². The van der Waals surface area contributed by atoms with Crippen molar-refractivity contribution in [3.63, 3.8) is 0 Å². The normalized spacial score (nSPS) is 15.5. The summed E-state index contributed by atoms with van der Waals surface area (Å²) < 4.78 is 21.2. The molecular formula is C20H15FN6O2. The zero-order valence-corrected chi connectivity index (χ0v) is 15.3. The van der Waals surface area contributed by atoms with E-state index in [2.05, 4.69) is 25.9 Å². The van der Waals surface area contributed by atoms with Gasteiger partial charge in [0.05, 0.1) is 11.3 Å². The van der Waals surface area contributed by atoms with Crippen molar-refractivity contribution in [1.82, 2.24) is 19.8 Å². The van der Waals surface area contributed by atoms with E-state index in [0.717, 1.165) is 0 Å². The van der Waals surface area contributed by atoms with Crippen LogP contribution in [-0.4, -0.2) is 31.8 Å². The van der Waals surface area contributed by atoms with Crippen LogP contribution in [-0.2, 0) is 4.79 Å². The third-order valence-corrected chi connectivity index (χ3v) is 4.56. The van der Waals surface area contributed by atoms with Gasteiger partial charge in [-0.3, -0.25) is 4.79 Å². The standard InChI is InChI=1S/C20H15FN6O2/c1-11-20(28)23-15-10-12(6-7-16(15)29-11)22-17-8-9-18-24-25-19(27(18)26-17)13-4-2-3-5-14(13)21/h2-11H,1H3,(H,22,26)(H,23,28). The Labute approximate surface area is 164 Å². The predicted molar refractivity (Wildman–Crippen MR) is 105 cm³/mol. The zero-order chi connectivity index (χ0) is 20.0. The fourth-order valence-corrected chi connectivity index (χ4v) is 3.10. The number of carbonyl (C=O) groups is 1. The minimum Gasteiger partial charge on any atom is -0.479 e. The summed E-state index contributed by atoms with van der Waals surface area (Å²) in [5.41, 5.74) is 2.09. The number of rotatable bonds is 3. The second-order valence-corrected chi connectivity index (χ2v) is 6.58. The number of fused-ring (bicyclic) bond motifs is 2. The third kappa shape index (κ3) is 3.02. The van der Waals surface area contributed by atoms with Crippen LogP contribution < -0.4 is 15.4 Å². The number of nitrogens with zero attached hydrogens (tertiary/aromatic N) is 4. The van der Waals surface area contributed by atoms with Crippen molar-refractivity contribution in [2.75, 3.05) is 10.6 Å². The molecule has 0 saturated heterocycles. The first kappa shape index (κ1) is 17.1. The van der Waals surface area contributed by atoms with Crippen LogP contribution in [0.2, 0.25) is 0 Å². The highest BCUT2D eigenvalue weighted by molar-refractivity contribution is 5.98. The molecule has 0 aliphatic carbocycles. The van der Waals surface area contributed by atoms with Crippen LogP contribution in [0.25, 0.3) is 17.0 Å². The van der Waals surface area contributed by atoms with E-state index in [0.29, 0.717) is 40.0 Å². The first-order chi connectivity index (χ1) is 14.1. The summed E-state index contributed by atoms with van der Waals surface area (Å²) in [5.74, 6) is 0.814. The smallest absolute Gasteiger partial charge is 0.265 e. The summed E-state index contributed by atoms with van der Waals surface area (Å²) in [4.78, 5) is 11.8. The van der Waals surface area contributed by atoms with Gasteiger partial charge in [-0.25, -0.2) is 4.39 Å². The second kappa shape index (κ2) is 6.55. The molecule has 1 aliphatic rings. The van der Waals surface area contributed by atoms with E-state index in [9.17, 15) is 9.18 Å². The quantitative estimate of drug-likeness (QED) is 0.557. The van der Waals surface area contributed by atoms with Gasteiger partial charge in [0.2, 0.25) is 0 Å². The van der Waals surface area contributed by atoms with Crippen LogP contribution in [0.4, 0.5) is 21.6 Å². The van der Waals surface area contributed by atoms with Crippen molar-refractivity contribution < 1.29 is 13.9 Å². The highest BCUT2D eigenvalue weighted by Gasteiger charge is 2.23. The molecule has 3 heterocycles. The lowest BCUT2D eigenvalue weighted by atomic mass is 10.2. The van der Waals surface area contributed by atoms with Crippen molar-refractivity contribution in [2.45, 2.75) is 13.0 Å². The predicted octanol–water partition coefficient (Wildman–Crippen LogP) is 3.39. The fourth-order valence-electron chi connectivity index (χ4n) is 3.10. The van der Waals surface area contributed by atoms with Gasteiger partial charge in [-0.1, -0.05) is 12.1 Å². The molecule has 0 fully saturated rings. The van der Waals surface area contributed by atoms with E-state index in [1.165, 1.54) is 10.6 Å². The molecule has 2 N–H and O–H groups in total. The van der Waals surface area contributed by atoms with Crippen molar-refractivity contribution in [3.8, 4) is 17.1 Å². The van der Waals surface area contributed by atoms with Gasteiger partial charge in [-0.05, 0) is 49.4 Å². The van der Waals surface area contributed by atoms with Gasteiger partial charge in [0.25, 0.3) is 5.91 Å². The van der Waals surface area contributed by atoms with Crippen molar-refractivity contribution in [1.29, 1.82) is 0 Å². The molecule has 0 saturated carbocycles. The van der Waals surface area contributed by atoms with Crippen LogP contribution in [0.1, 0.15) is 6.92 Å². The van der Waals surface area contributed by atoms with Crippen molar-refractivity contribution in [3.05, 3.63) is 60.4 Å². The molecule has 1 aliphatic heterocycles. The lowest BCUT2D eigenvalue weighted by molar-refractivity contribution is -0.122. The number of amides is 1. The Hall–Kier alpha value is -4.01. The van der Waals surface area contributed by atoms with Crippen LogP contribution in [0.15, 0.2) is 54.6 Å². The van der Waals surface area contributed by atoms with Crippen LogP contribution in [0.5, 0.6) is 5.75 Å². The van der Waals surface area contributed by atoms with Gasteiger partial charge in [0.1, 0.15) is 11.6 Å². The van der Waals surface area contributed by atoms with Crippen LogP contribution in [0, 0.1) is 5.82 Å². The highest BCUT2D eigenvalue weighted by Crippen LogP contribution is 2.33. The summed E-state index contributed by atoms with van der Waals surface area (Å²) in [6.07, 6.45) is -0.532. The Morgan fingerprint density at radius 1 is 1.14 bits per heavy atom. The van der Waals surface area contributed by atoms with Crippen molar-refractivity contribution in [2.24, 2.45) is 0 Å². The Kier molecular flexibility index (Phi) is 3.87. The monoisotopic (exact) mass is 390 g/mol. The van der Waals surface area contributed by atoms with E-state index in [4.69, 9.17) is 4.74 Å². The lowest BCUT2D eigenvalue weighted by Crippen LogP contribution is -2.34. The molecule has 1 atom stereocenters. The molecule has 144 valence electrons. The molecule has 0 spiro atoms. The van der Waals surface area contributed by atoms with Gasteiger partial charge in [0, 0.05) is 5.69 Å². The van der Waals surface area contributed by atoms with E-state index in [1.54, 1.807) is 49.4 Å². The Morgan fingerprint density at radius 3 is 2.86 bits per heavy atom. The fraction of sp³-hybridized carbons (Fsp3) is 0.100. The molecule has 2 aromatic heterocycles. The first-order valence-corrected chi connectivity index (χ1v) is 8.94. The lowest BCUT2D eigenvalue weighted by Gasteiger charge is -2.23. The Morgan fingerprint density at radius 2 is 2.00 bits per heavy atom. The number of nitrogens with one attached hydrogen (secondary N) is 2. The number of carbonyl (C=O) groups excluding carboxylic acids is 1. The molecule has 0 bridgehead atoms. The molecular weight excluding hydrogens is 375 g/mol. The maximum Gasteiger partial charge on any atom is 0.265 e. The van der Waals surface area contributed by atoms with Gasteiger partial charge < -0.3 is 15.4 Å². The largest absolute Gasteiger partial charge is 0.479 e. The van der Waals surface area contributed by atoms with E-state index in [-0.39, 0.29) is 5.91 Å². The second-order valence-electron chi connectivity index (χ2n) is 6.58. The molecule has 5 rings (SSSR count). The average Bonchev–Trinajstić information content (AvgIpc) is 3.12. The molecule has 29 heavy (non-hydrogen) atoms. The number of hydrogen-bond acceptors (Lipinski definition) is 6. The summed E-state index contributed by atoms with van der Waals surface area (Å²) in [7, 11) is 0. The number of halogens is 1. The summed E-state index contributed by atoms with van der Waals surface area (Å²) >= 11 is 0. The first-order valence-electron chi connectivity index (χ1n) is 8.94. The highest BCUT2D eigenvalue weighted by atomic mass is 19.1. The van der Waals surface area contributed by atoms with Gasteiger partial charge in [-0.15, -0.1) is 15.3 Å². The minimum atomic E-state index is -0.532. The molecule has 9 heteroatoms. The topological polar surface area (TPSA) is 93.4 Å². The van der Waals surface area contributed by atoms with Gasteiger partial charge in [-0.2, -0.15) is 4.52 Å². The van der Waals surface area contributed by atoms with E-state index < -0.39 is 11.9 Å². The molecule has 8 nitrogen and oxygen atoms in total. The maximum absolute atomic E-state index is 14.2. The molecule has 2 aromatic carbocycles. The molecule has 1 unspecified atom stereocenters. The average molecular weight is 390 g/mol. The summed E-state index contributed by atoms with van der Waals surface area (Å²) in [6, 6.07) is 15.2. The van der Waals surface area contributed by atoms with Gasteiger partial charge in [0.15, 0.2) is 23.4 Å². The Balaban J connectivity index is 1.49. The van der Waals surface area contributed by atoms with Gasteiger partial charge >= 0.3 is 0 Å². The Bertz CT molecular complexity index is 1250. The molecule has 0 radical (unpaired) electrons. The number of ether oxygens (including phenoxy) is 1. The van der Waals surface area contributed by atoms with Crippen molar-refractivity contribution >= 4 is 28.7 Å². The van der Waals surface area contributed by atoms with E-state index >= 15 is 0 Å². The maximum atomic E-state index is 14.2. The van der Waals surface area contributed by atoms with Crippen LogP contribution in [0.3, 0.4) is 0 Å². The number of aromatic nitrogens is 4. The summed E-state index contributed by atoms with van der Waals surface area (Å²) in [5, 5.41) is 18.6.